The van der Waals surface area contributed by atoms with Gasteiger partial charge in [0.25, 0.3) is 0 Å². The van der Waals surface area contributed by atoms with E-state index in [1.807, 2.05) is 19.9 Å². The number of hydrogen-bond donors (Lipinski definition) is 0. The van der Waals surface area contributed by atoms with Gasteiger partial charge >= 0.3 is 0 Å². The van der Waals surface area contributed by atoms with Crippen LogP contribution in [0.2, 0.25) is 0 Å². The first-order chi connectivity index (χ1) is 7.93. The third-order valence-corrected chi connectivity index (χ3v) is 3.33. The molecule has 88 valence electrons. The highest BCUT2D eigenvalue weighted by molar-refractivity contribution is 6.23. The summed E-state index contributed by atoms with van der Waals surface area (Å²) in [5.74, 6) is 0.242. The molecule has 0 heterocycles. The standard InChI is InChI=1S/C15H16O2/c1-8(2)11-7-9(3)14-12(16)5-6-13(17)15(14)10(11)4/h5-8H,1-4H3. The Bertz CT molecular complexity index is 549. The van der Waals surface area contributed by atoms with E-state index in [-0.39, 0.29) is 11.6 Å². The zero-order chi connectivity index (χ0) is 12.7. The molecule has 0 amide bonds. The van der Waals surface area contributed by atoms with Crippen molar-refractivity contribution in [1.82, 2.24) is 0 Å². The molecule has 1 aliphatic carbocycles. The first kappa shape index (κ1) is 11.8. The lowest BCUT2D eigenvalue weighted by molar-refractivity contribution is 0.0993. The second kappa shape index (κ2) is 3.95. The highest BCUT2D eigenvalue weighted by atomic mass is 16.1. The van der Waals surface area contributed by atoms with Crippen molar-refractivity contribution in [2.45, 2.75) is 33.6 Å². The first-order valence-corrected chi connectivity index (χ1v) is 5.84. The number of hydrogen-bond acceptors (Lipinski definition) is 2. The minimum atomic E-state index is -0.0597. The number of fused-ring (bicyclic) bond motifs is 1. The Hall–Kier alpha value is -1.70. The van der Waals surface area contributed by atoms with Crippen LogP contribution in [-0.4, -0.2) is 11.6 Å². The van der Waals surface area contributed by atoms with Crippen molar-refractivity contribution in [3.63, 3.8) is 0 Å². The largest absolute Gasteiger partial charge is 0.289 e. The predicted molar refractivity (Wildman–Crippen MR) is 67.8 cm³/mol. The molecule has 0 N–H and O–H groups in total. The van der Waals surface area contributed by atoms with Gasteiger partial charge in [-0.2, -0.15) is 0 Å². The monoisotopic (exact) mass is 228 g/mol. The summed E-state index contributed by atoms with van der Waals surface area (Å²) in [6.07, 6.45) is 2.74. The van der Waals surface area contributed by atoms with Crippen LogP contribution in [0.4, 0.5) is 0 Å². The minimum absolute atomic E-state index is 0.0531. The molecule has 2 rings (SSSR count). The van der Waals surface area contributed by atoms with Crippen molar-refractivity contribution in [3.8, 4) is 0 Å². The molecular formula is C15H16O2. The van der Waals surface area contributed by atoms with Gasteiger partial charge in [0.15, 0.2) is 11.6 Å². The molecule has 0 saturated heterocycles. The number of ketones is 2. The first-order valence-electron chi connectivity index (χ1n) is 5.84. The molecule has 0 radical (unpaired) electrons. The Morgan fingerprint density at radius 3 is 2.00 bits per heavy atom. The van der Waals surface area contributed by atoms with Crippen LogP contribution >= 0.6 is 0 Å². The van der Waals surface area contributed by atoms with Gasteiger partial charge in [0.05, 0.1) is 0 Å². The fraction of sp³-hybridized carbons (Fsp3) is 0.333. The predicted octanol–water partition coefficient (Wildman–Crippen LogP) is 3.36. The van der Waals surface area contributed by atoms with Gasteiger partial charge in [0.2, 0.25) is 0 Å². The maximum Gasteiger partial charge on any atom is 0.187 e. The molecule has 2 nitrogen and oxygen atoms in total. The smallest absolute Gasteiger partial charge is 0.187 e. The van der Waals surface area contributed by atoms with E-state index in [1.165, 1.54) is 12.2 Å². The Morgan fingerprint density at radius 2 is 1.47 bits per heavy atom. The summed E-state index contributed by atoms with van der Waals surface area (Å²) >= 11 is 0. The zero-order valence-electron chi connectivity index (χ0n) is 10.6. The third-order valence-electron chi connectivity index (χ3n) is 3.33. The molecule has 1 aromatic carbocycles. The Kier molecular flexibility index (Phi) is 2.74. The molecule has 0 unspecified atom stereocenters. The molecule has 0 atom stereocenters. The van der Waals surface area contributed by atoms with Crippen molar-refractivity contribution < 1.29 is 9.59 Å². The van der Waals surface area contributed by atoms with Crippen LogP contribution < -0.4 is 0 Å². The van der Waals surface area contributed by atoms with Crippen molar-refractivity contribution in [1.29, 1.82) is 0 Å². The van der Waals surface area contributed by atoms with Gasteiger partial charge in [-0.05, 0) is 48.6 Å². The van der Waals surface area contributed by atoms with E-state index in [2.05, 4.69) is 13.8 Å². The molecule has 1 aliphatic rings. The van der Waals surface area contributed by atoms with Crippen LogP contribution in [0.5, 0.6) is 0 Å². The zero-order valence-corrected chi connectivity index (χ0v) is 10.6. The van der Waals surface area contributed by atoms with E-state index >= 15 is 0 Å². The summed E-state index contributed by atoms with van der Waals surface area (Å²) in [5.41, 5.74) is 4.18. The average molecular weight is 228 g/mol. The second-order valence-electron chi connectivity index (χ2n) is 4.87. The SMILES string of the molecule is Cc1cc(C(C)C)c(C)c2c1C(=O)C=CC2=O. The fourth-order valence-electron chi connectivity index (χ4n) is 2.49. The third kappa shape index (κ3) is 1.74. The van der Waals surface area contributed by atoms with Crippen molar-refractivity contribution in [2.75, 3.05) is 0 Å². The molecule has 0 aliphatic heterocycles. The molecule has 0 saturated carbocycles. The van der Waals surface area contributed by atoms with Gasteiger partial charge in [0, 0.05) is 11.1 Å². The van der Waals surface area contributed by atoms with Crippen LogP contribution in [-0.2, 0) is 0 Å². The lowest BCUT2D eigenvalue weighted by Gasteiger charge is -2.20. The van der Waals surface area contributed by atoms with Gasteiger partial charge in [-0.15, -0.1) is 0 Å². The molecular weight excluding hydrogens is 212 g/mol. The summed E-state index contributed by atoms with van der Waals surface area (Å²) in [6.45, 7) is 8.02. The summed E-state index contributed by atoms with van der Waals surface area (Å²) in [6, 6.07) is 2.03. The van der Waals surface area contributed by atoms with Crippen LogP contribution in [0.3, 0.4) is 0 Å². The molecule has 17 heavy (non-hydrogen) atoms. The van der Waals surface area contributed by atoms with Gasteiger partial charge in [-0.3, -0.25) is 9.59 Å². The summed E-state index contributed by atoms with van der Waals surface area (Å²) < 4.78 is 0. The lowest BCUT2D eigenvalue weighted by Crippen LogP contribution is -2.17. The van der Waals surface area contributed by atoms with Gasteiger partial charge in [-0.1, -0.05) is 19.9 Å². The number of carbonyl (C=O) groups excluding carboxylic acids is 2. The molecule has 0 bridgehead atoms. The van der Waals surface area contributed by atoms with E-state index in [0.717, 1.165) is 16.7 Å². The van der Waals surface area contributed by atoms with Gasteiger partial charge in [-0.25, -0.2) is 0 Å². The van der Waals surface area contributed by atoms with Crippen LogP contribution in [0, 0.1) is 13.8 Å². The molecule has 0 fully saturated rings. The molecule has 0 spiro atoms. The molecule has 1 aromatic rings. The molecule has 0 aromatic heterocycles. The Morgan fingerprint density at radius 1 is 0.941 bits per heavy atom. The number of carbonyl (C=O) groups is 2. The summed E-state index contributed by atoms with van der Waals surface area (Å²) in [7, 11) is 0. The van der Waals surface area contributed by atoms with E-state index in [0.29, 0.717) is 17.0 Å². The van der Waals surface area contributed by atoms with Crippen molar-refractivity contribution in [3.05, 3.63) is 46.0 Å². The van der Waals surface area contributed by atoms with Crippen molar-refractivity contribution in [2.24, 2.45) is 0 Å². The lowest BCUT2D eigenvalue weighted by atomic mass is 9.83. The number of allylic oxidation sites excluding steroid dienone is 2. The maximum absolute atomic E-state index is 11.9. The quantitative estimate of drug-likeness (QED) is 0.738. The molecule has 2 heteroatoms. The number of aryl methyl sites for hydroxylation is 1. The van der Waals surface area contributed by atoms with Crippen LogP contribution in [0.25, 0.3) is 0 Å². The van der Waals surface area contributed by atoms with Crippen LogP contribution in [0.1, 0.15) is 57.2 Å². The van der Waals surface area contributed by atoms with E-state index < -0.39 is 0 Å². The normalized spacial score (nSPS) is 14.4. The minimum Gasteiger partial charge on any atom is -0.289 e. The number of rotatable bonds is 1. The number of benzene rings is 1. The van der Waals surface area contributed by atoms with Crippen molar-refractivity contribution >= 4 is 11.6 Å². The highest BCUT2D eigenvalue weighted by Gasteiger charge is 2.25. The van der Waals surface area contributed by atoms with Crippen LogP contribution in [0.15, 0.2) is 18.2 Å². The van der Waals surface area contributed by atoms with Gasteiger partial charge < -0.3 is 0 Å². The van der Waals surface area contributed by atoms with E-state index in [9.17, 15) is 9.59 Å². The Labute approximate surface area is 101 Å². The highest BCUT2D eigenvalue weighted by Crippen LogP contribution is 2.30. The van der Waals surface area contributed by atoms with E-state index in [4.69, 9.17) is 0 Å². The maximum atomic E-state index is 11.9. The summed E-state index contributed by atoms with van der Waals surface area (Å²) in [4.78, 5) is 23.8. The fourth-order valence-corrected chi connectivity index (χ4v) is 2.49. The average Bonchev–Trinajstić information content (AvgIpc) is 2.26. The van der Waals surface area contributed by atoms with Gasteiger partial charge in [0.1, 0.15) is 0 Å². The second-order valence-corrected chi connectivity index (χ2v) is 4.87. The topological polar surface area (TPSA) is 34.1 Å². The summed E-state index contributed by atoms with van der Waals surface area (Å²) in [5, 5.41) is 0. The van der Waals surface area contributed by atoms with E-state index in [1.54, 1.807) is 0 Å². The Balaban J connectivity index is 2.81.